The molecule has 0 aliphatic rings. The summed E-state index contributed by atoms with van der Waals surface area (Å²) in [5, 5.41) is 11.0. The van der Waals surface area contributed by atoms with E-state index in [0.29, 0.717) is 56.3 Å². The standard InChI is InChI=1S/C35H23BrCl2F3N5O2S2/c36-22-6-8-23(9-7-22)43-33(47)27-18-50-31(46-27)15-25-26(37)11-5-21(32(25)38)13-19-3-1-2-4-20(19)14-30-45-28(17-49-30)34(48)44-24-10-12-29(42-16-24)35(39,40)41/h1-12,16-18H,13-15H2,(H,43,47)(H,44,48). The number of aromatic nitrogens is 3. The summed E-state index contributed by atoms with van der Waals surface area (Å²) < 4.78 is 39.3. The van der Waals surface area contributed by atoms with Gasteiger partial charge in [0, 0.05) is 43.8 Å². The second-order valence-corrected chi connectivity index (χ2v) is 14.5. The van der Waals surface area contributed by atoms with Crippen LogP contribution in [0.2, 0.25) is 10.0 Å². The predicted octanol–water partition coefficient (Wildman–Crippen LogP) is 10.4. The van der Waals surface area contributed by atoms with Crippen molar-refractivity contribution in [2.45, 2.75) is 25.4 Å². The van der Waals surface area contributed by atoms with Gasteiger partial charge < -0.3 is 10.6 Å². The van der Waals surface area contributed by atoms with Crippen LogP contribution in [-0.2, 0) is 25.4 Å². The number of hydrogen-bond donors (Lipinski definition) is 2. The van der Waals surface area contributed by atoms with Crippen molar-refractivity contribution >= 4 is 85.0 Å². The van der Waals surface area contributed by atoms with E-state index in [-0.39, 0.29) is 17.3 Å². The minimum Gasteiger partial charge on any atom is -0.321 e. The van der Waals surface area contributed by atoms with Crippen LogP contribution in [0, 0.1) is 0 Å². The minimum absolute atomic E-state index is 0.125. The molecule has 0 bridgehead atoms. The Kier molecular flexibility index (Phi) is 11.0. The van der Waals surface area contributed by atoms with Gasteiger partial charge in [-0.3, -0.25) is 9.59 Å². The van der Waals surface area contributed by atoms with Crippen molar-refractivity contribution < 1.29 is 22.8 Å². The van der Waals surface area contributed by atoms with Gasteiger partial charge in [-0.15, -0.1) is 22.7 Å². The van der Waals surface area contributed by atoms with Gasteiger partial charge in [0.1, 0.15) is 17.1 Å². The number of hydrogen-bond acceptors (Lipinski definition) is 7. The first-order valence-corrected chi connectivity index (χ1v) is 18.1. The molecule has 0 spiro atoms. The normalized spacial score (nSPS) is 11.4. The van der Waals surface area contributed by atoms with Gasteiger partial charge in [0.15, 0.2) is 0 Å². The Morgan fingerprint density at radius 1 is 0.720 bits per heavy atom. The van der Waals surface area contributed by atoms with Crippen molar-refractivity contribution in [3.63, 3.8) is 0 Å². The third kappa shape index (κ3) is 8.77. The van der Waals surface area contributed by atoms with Crippen LogP contribution in [0.25, 0.3) is 0 Å². The number of alkyl halides is 3. The number of anilines is 2. The number of amides is 2. The third-order valence-electron chi connectivity index (χ3n) is 7.42. The number of pyridine rings is 1. The summed E-state index contributed by atoms with van der Waals surface area (Å²) in [6.45, 7) is 0. The van der Waals surface area contributed by atoms with Crippen molar-refractivity contribution in [1.82, 2.24) is 15.0 Å². The maximum absolute atomic E-state index is 12.8. The van der Waals surface area contributed by atoms with E-state index in [1.807, 2.05) is 42.5 Å². The summed E-state index contributed by atoms with van der Waals surface area (Å²) in [6.07, 6.45) is -2.33. The number of carbonyl (C=O) groups excluding carboxylic acids is 2. The van der Waals surface area contributed by atoms with Gasteiger partial charge in [-0.05, 0) is 71.1 Å². The molecule has 2 amide bonds. The monoisotopic (exact) mass is 815 g/mol. The van der Waals surface area contributed by atoms with E-state index in [1.54, 1.807) is 29.0 Å². The maximum Gasteiger partial charge on any atom is 0.433 e. The highest BCUT2D eigenvalue weighted by Crippen LogP contribution is 2.33. The van der Waals surface area contributed by atoms with Crippen LogP contribution in [0.1, 0.15) is 58.9 Å². The first kappa shape index (κ1) is 35.7. The van der Waals surface area contributed by atoms with Crippen molar-refractivity contribution in [3.05, 3.63) is 154 Å². The van der Waals surface area contributed by atoms with Gasteiger partial charge >= 0.3 is 6.18 Å². The fraction of sp³-hybridized carbons (Fsp3) is 0.114. The van der Waals surface area contributed by atoms with E-state index in [2.05, 4.69) is 41.5 Å². The van der Waals surface area contributed by atoms with Crippen LogP contribution in [0.3, 0.4) is 0 Å². The van der Waals surface area contributed by atoms with E-state index in [0.717, 1.165) is 39.5 Å². The van der Waals surface area contributed by atoms with Gasteiger partial charge in [-0.2, -0.15) is 13.2 Å². The highest BCUT2D eigenvalue weighted by Gasteiger charge is 2.32. The molecule has 0 fully saturated rings. The lowest BCUT2D eigenvalue weighted by atomic mass is 9.96. The van der Waals surface area contributed by atoms with Crippen molar-refractivity contribution in [2.75, 3.05) is 10.6 Å². The smallest absolute Gasteiger partial charge is 0.321 e. The molecule has 0 aliphatic heterocycles. The van der Waals surface area contributed by atoms with Crippen LogP contribution >= 0.6 is 61.8 Å². The molecule has 254 valence electrons. The molecule has 0 saturated heterocycles. The topological polar surface area (TPSA) is 96.9 Å². The van der Waals surface area contributed by atoms with Crippen LogP contribution in [-0.4, -0.2) is 26.8 Å². The van der Waals surface area contributed by atoms with Crippen molar-refractivity contribution in [2.24, 2.45) is 0 Å². The maximum atomic E-state index is 12.8. The molecule has 15 heteroatoms. The molecule has 0 atom stereocenters. The van der Waals surface area contributed by atoms with Gasteiger partial charge in [-0.1, -0.05) is 69.5 Å². The fourth-order valence-electron chi connectivity index (χ4n) is 4.92. The molecule has 0 unspecified atom stereocenters. The zero-order valence-electron chi connectivity index (χ0n) is 25.5. The molecule has 3 heterocycles. The molecule has 6 rings (SSSR count). The summed E-state index contributed by atoms with van der Waals surface area (Å²) in [4.78, 5) is 37.9. The predicted molar refractivity (Wildman–Crippen MR) is 195 cm³/mol. The Labute approximate surface area is 310 Å². The molecule has 6 aromatic rings. The quantitative estimate of drug-likeness (QED) is 0.144. The average Bonchev–Trinajstić information content (AvgIpc) is 3.76. The summed E-state index contributed by atoms with van der Waals surface area (Å²) in [6, 6.07) is 20.7. The second kappa shape index (κ2) is 15.4. The number of halogens is 6. The SMILES string of the molecule is O=C(Nc1ccc(C(F)(F)F)nc1)c1csc(Cc2ccccc2Cc2ccc(Cl)c(Cc3nc(C(=O)Nc4ccc(Br)cc4)cs3)c2Cl)n1. The highest BCUT2D eigenvalue weighted by atomic mass is 79.9. The Morgan fingerprint density at radius 3 is 1.90 bits per heavy atom. The molecular weight excluding hydrogens is 794 g/mol. The lowest BCUT2D eigenvalue weighted by molar-refractivity contribution is -0.141. The van der Waals surface area contributed by atoms with E-state index in [9.17, 15) is 22.8 Å². The van der Waals surface area contributed by atoms with Crippen molar-refractivity contribution in [1.29, 1.82) is 0 Å². The van der Waals surface area contributed by atoms with Gasteiger partial charge in [0.2, 0.25) is 0 Å². The van der Waals surface area contributed by atoms with Crippen molar-refractivity contribution in [3.8, 4) is 0 Å². The molecule has 3 aromatic carbocycles. The van der Waals surface area contributed by atoms with E-state index < -0.39 is 17.8 Å². The molecule has 0 radical (unpaired) electrons. The number of benzene rings is 3. The van der Waals surface area contributed by atoms with Crippen LogP contribution in [0.4, 0.5) is 24.5 Å². The van der Waals surface area contributed by atoms with E-state index in [4.69, 9.17) is 23.2 Å². The Bertz CT molecular complexity index is 2170. The molecule has 50 heavy (non-hydrogen) atoms. The molecule has 0 aliphatic carbocycles. The molecular formula is C35H23BrCl2F3N5O2S2. The molecule has 0 saturated carbocycles. The third-order valence-corrected chi connectivity index (χ3v) is 10.5. The average molecular weight is 818 g/mol. The zero-order valence-corrected chi connectivity index (χ0v) is 30.3. The van der Waals surface area contributed by atoms with E-state index in [1.165, 1.54) is 22.7 Å². The van der Waals surface area contributed by atoms with Crippen LogP contribution in [0.15, 0.2) is 94.2 Å². The largest absolute Gasteiger partial charge is 0.433 e. The summed E-state index contributed by atoms with van der Waals surface area (Å²) in [5.74, 6) is -0.873. The lowest BCUT2D eigenvalue weighted by Crippen LogP contribution is -2.14. The number of rotatable bonds is 10. The number of thiazole rings is 2. The minimum atomic E-state index is -4.57. The Balaban J connectivity index is 1.12. The van der Waals surface area contributed by atoms with Gasteiger partial charge in [-0.25, -0.2) is 15.0 Å². The number of nitrogens with one attached hydrogen (secondary N) is 2. The first-order chi connectivity index (χ1) is 23.9. The van der Waals surface area contributed by atoms with Gasteiger partial charge in [0.05, 0.1) is 21.9 Å². The second-order valence-electron chi connectivity index (χ2n) is 10.9. The summed E-state index contributed by atoms with van der Waals surface area (Å²) in [5.41, 5.74) is 3.71. The van der Waals surface area contributed by atoms with Crippen LogP contribution in [0.5, 0.6) is 0 Å². The highest BCUT2D eigenvalue weighted by molar-refractivity contribution is 9.10. The number of carbonyl (C=O) groups is 2. The van der Waals surface area contributed by atoms with Crippen LogP contribution < -0.4 is 10.6 Å². The Hall–Kier alpha value is -4.14. The van der Waals surface area contributed by atoms with Gasteiger partial charge in [0.25, 0.3) is 11.8 Å². The zero-order chi connectivity index (χ0) is 35.4. The molecule has 3 aromatic heterocycles. The molecule has 2 N–H and O–H groups in total. The fourth-order valence-corrected chi connectivity index (χ4v) is 7.34. The molecule has 7 nitrogen and oxygen atoms in total. The number of nitrogens with zero attached hydrogens (tertiary/aromatic N) is 3. The first-order valence-electron chi connectivity index (χ1n) is 14.8. The Morgan fingerprint density at radius 2 is 1.30 bits per heavy atom. The van der Waals surface area contributed by atoms with E-state index >= 15 is 0 Å². The summed E-state index contributed by atoms with van der Waals surface area (Å²) in [7, 11) is 0. The lowest BCUT2D eigenvalue weighted by Gasteiger charge is -2.13. The summed E-state index contributed by atoms with van der Waals surface area (Å²) >= 11 is 19.6.